The Morgan fingerprint density at radius 3 is 2.74 bits per heavy atom. The molecule has 34 heavy (non-hydrogen) atoms. The SMILES string of the molecule is COc1c(C)cnc(CN2C(=O)C(=Cc3ncc(CNC(C)C)[nH]3)c3c(Cl)nc(N)nc32)c1C. The Bertz CT molecular complexity index is 1280. The number of nitrogen functional groups attached to an aromatic ring is 1. The van der Waals surface area contributed by atoms with Crippen LogP contribution in [0.4, 0.5) is 11.8 Å². The number of ether oxygens (including phenoxy) is 1. The van der Waals surface area contributed by atoms with Crippen LogP contribution in [-0.4, -0.2) is 44.0 Å². The summed E-state index contributed by atoms with van der Waals surface area (Å²) in [7, 11) is 1.61. The predicted octanol–water partition coefficient (Wildman–Crippen LogP) is 3.04. The summed E-state index contributed by atoms with van der Waals surface area (Å²) in [5, 5.41) is 3.42. The second kappa shape index (κ2) is 9.40. The molecule has 0 fully saturated rings. The monoisotopic (exact) mass is 482 g/mol. The van der Waals surface area contributed by atoms with Crippen LogP contribution < -0.4 is 20.7 Å². The summed E-state index contributed by atoms with van der Waals surface area (Å²) in [5.74, 6) is 1.27. The first kappa shape index (κ1) is 23.7. The maximum absolute atomic E-state index is 13.6. The normalized spacial score (nSPS) is 14.4. The third kappa shape index (κ3) is 4.46. The van der Waals surface area contributed by atoms with Gasteiger partial charge in [-0.15, -0.1) is 0 Å². The molecule has 0 unspecified atom stereocenters. The van der Waals surface area contributed by atoms with E-state index < -0.39 is 0 Å². The Balaban J connectivity index is 1.73. The third-order valence-electron chi connectivity index (χ3n) is 5.55. The van der Waals surface area contributed by atoms with Crippen LogP contribution in [0.5, 0.6) is 5.75 Å². The Morgan fingerprint density at radius 1 is 1.26 bits per heavy atom. The molecule has 0 aliphatic carbocycles. The molecule has 1 aliphatic rings. The number of amides is 1. The number of nitrogens with two attached hydrogens (primary N) is 1. The minimum Gasteiger partial charge on any atom is -0.496 e. The van der Waals surface area contributed by atoms with Gasteiger partial charge in [0.05, 0.1) is 30.5 Å². The zero-order valence-electron chi connectivity index (χ0n) is 19.7. The van der Waals surface area contributed by atoms with Crippen LogP contribution in [-0.2, 0) is 17.9 Å². The molecule has 3 aromatic heterocycles. The molecule has 1 aliphatic heterocycles. The minimum atomic E-state index is -0.296. The highest BCUT2D eigenvalue weighted by Crippen LogP contribution is 2.41. The second-order valence-electron chi connectivity index (χ2n) is 8.40. The first-order valence-electron chi connectivity index (χ1n) is 10.8. The van der Waals surface area contributed by atoms with Crippen molar-refractivity contribution < 1.29 is 9.53 Å². The van der Waals surface area contributed by atoms with Crippen LogP contribution in [0.3, 0.4) is 0 Å². The maximum Gasteiger partial charge on any atom is 0.260 e. The molecule has 0 spiro atoms. The molecule has 0 atom stereocenters. The second-order valence-corrected chi connectivity index (χ2v) is 8.75. The number of methoxy groups -OCH3 is 1. The molecule has 0 saturated carbocycles. The van der Waals surface area contributed by atoms with Crippen LogP contribution in [0.1, 0.15) is 47.8 Å². The molecule has 0 bridgehead atoms. The number of H-pyrrole nitrogens is 1. The van der Waals surface area contributed by atoms with Gasteiger partial charge in [0.1, 0.15) is 16.7 Å². The van der Waals surface area contributed by atoms with E-state index in [0.29, 0.717) is 41.1 Å². The molecule has 178 valence electrons. The molecule has 3 aromatic rings. The highest BCUT2D eigenvalue weighted by molar-refractivity contribution is 6.41. The van der Waals surface area contributed by atoms with Crippen molar-refractivity contribution in [2.45, 2.75) is 46.8 Å². The summed E-state index contributed by atoms with van der Waals surface area (Å²) in [4.78, 5) is 35.6. The first-order chi connectivity index (χ1) is 16.2. The van der Waals surface area contributed by atoms with E-state index in [1.54, 1.807) is 25.6 Å². The summed E-state index contributed by atoms with van der Waals surface area (Å²) in [5.41, 5.74) is 9.93. The maximum atomic E-state index is 13.6. The molecule has 4 rings (SSSR count). The number of halogens is 1. The molecule has 0 radical (unpaired) electrons. The van der Waals surface area contributed by atoms with E-state index in [0.717, 1.165) is 22.6 Å². The number of aromatic nitrogens is 5. The lowest BCUT2D eigenvalue weighted by molar-refractivity contribution is -0.113. The number of imidazole rings is 1. The van der Waals surface area contributed by atoms with E-state index in [4.69, 9.17) is 22.1 Å². The van der Waals surface area contributed by atoms with Crippen LogP contribution in [0.25, 0.3) is 11.6 Å². The van der Waals surface area contributed by atoms with E-state index in [9.17, 15) is 4.79 Å². The van der Waals surface area contributed by atoms with Crippen molar-refractivity contribution in [1.82, 2.24) is 30.2 Å². The number of hydrogen-bond acceptors (Lipinski definition) is 8. The van der Waals surface area contributed by atoms with Gasteiger partial charge in [-0.3, -0.25) is 14.7 Å². The average Bonchev–Trinajstić information content (AvgIpc) is 3.32. The van der Waals surface area contributed by atoms with Gasteiger partial charge >= 0.3 is 0 Å². The number of aromatic amines is 1. The molecular formula is C23H27ClN8O2. The summed E-state index contributed by atoms with van der Waals surface area (Å²) in [6.45, 7) is 8.75. The Hall–Kier alpha value is -3.50. The van der Waals surface area contributed by atoms with Crippen molar-refractivity contribution in [3.8, 4) is 5.75 Å². The van der Waals surface area contributed by atoms with Gasteiger partial charge < -0.3 is 20.8 Å². The fourth-order valence-corrected chi connectivity index (χ4v) is 4.14. The molecule has 4 N–H and O–H groups in total. The fraction of sp³-hybridized carbons (Fsp3) is 0.348. The van der Waals surface area contributed by atoms with Crippen molar-refractivity contribution >= 4 is 40.9 Å². The topological polar surface area (TPSA) is 135 Å². The Kier molecular flexibility index (Phi) is 6.54. The van der Waals surface area contributed by atoms with Crippen molar-refractivity contribution in [2.24, 2.45) is 0 Å². The largest absolute Gasteiger partial charge is 0.496 e. The first-order valence-corrected chi connectivity index (χ1v) is 11.2. The van der Waals surface area contributed by atoms with Crippen LogP contribution in [0.15, 0.2) is 12.4 Å². The summed E-state index contributed by atoms with van der Waals surface area (Å²) in [6, 6.07) is 0.334. The predicted molar refractivity (Wildman–Crippen MR) is 131 cm³/mol. The number of hydrogen-bond donors (Lipinski definition) is 3. The number of nitrogens with one attached hydrogen (secondary N) is 2. The molecule has 10 nitrogen and oxygen atoms in total. The zero-order valence-corrected chi connectivity index (χ0v) is 20.5. The summed E-state index contributed by atoms with van der Waals surface area (Å²) in [6.07, 6.45) is 5.10. The van der Waals surface area contributed by atoms with Gasteiger partial charge in [-0.2, -0.15) is 4.98 Å². The molecule has 0 aromatic carbocycles. The number of nitrogens with zero attached hydrogens (tertiary/aromatic N) is 5. The number of carbonyl (C=O) groups is 1. The summed E-state index contributed by atoms with van der Waals surface area (Å²) < 4.78 is 5.51. The standard InChI is InChI=1S/C23H27ClN8O2/c1-11(2)26-8-14-9-28-17(29-14)6-15-18-20(24)30-23(25)31-21(18)32(22(15)33)10-16-13(4)19(34-5)12(3)7-27-16/h6-7,9,11,26H,8,10H2,1-5H3,(H,28,29)(H2,25,30,31). The average molecular weight is 483 g/mol. The zero-order chi connectivity index (χ0) is 24.6. The number of fused-ring (bicyclic) bond motifs is 1. The van der Waals surface area contributed by atoms with E-state index in [-0.39, 0.29) is 23.6 Å². The Labute approximate surface area is 202 Å². The Morgan fingerprint density at radius 2 is 2.03 bits per heavy atom. The van der Waals surface area contributed by atoms with Gasteiger partial charge in [-0.25, -0.2) is 9.97 Å². The fourth-order valence-electron chi connectivity index (χ4n) is 3.86. The quantitative estimate of drug-likeness (QED) is 0.345. The van der Waals surface area contributed by atoms with Gasteiger partial charge in [0.15, 0.2) is 5.82 Å². The third-order valence-corrected chi connectivity index (χ3v) is 5.82. The van der Waals surface area contributed by atoms with Crippen LogP contribution in [0.2, 0.25) is 5.15 Å². The number of rotatable bonds is 7. The van der Waals surface area contributed by atoms with Gasteiger partial charge in [-0.05, 0) is 19.9 Å². The van der Waals surface area contributed by atoms with Gasteiger partial charge in [-0.1, -0.05) is 25.4 Å². The number of carbonyl (C=O) groups excluding carboxylic acids is 1. The van der Waals surface area contributed by atoms with Crippen LogP contribution in [0, 0.1) is 13.8 Å². The van der Waals surface area contributed by atoms with Crippen LogP contribution >= 0.6 is 11.6 Å². The smallest absolute Gasteiger partial charge is 0.260 e. The lowest BCUT2D eigenvalue weighted by Crippen LogP contribution is -2.27. The highest BCUT2D eigenvalue weighted by Gasteiger charge is 2.37. The molecule has 11 heteroatoms. The molecular weight excluding hydrogens is 456 g/mol. The number of aryl methyl sites for hydroxylation is 1. The highest BCUT2D eigenvalue weighted by atomic mass is 35.5. The van der Waals surface area contributed by atoms with E-state index in [2.05, 4.69) is 44.1 Å². The van der Waals surface area contributed by atoms with E-state index in [1.807, 2.05) is 13.8 Å². The van der Waals surface area contributed by atoms with Gasteiger partial charge in [0.2, 0.25) is 5.95 Å². The van der Waals surface area contributed by atoms with E-state index in [1.165, 1.54) is 4.90 Å². The summed E-state index contributed by atoms with van der Waals surface area (Å²) >= 11 is 6.43. The lowest BCUT2D eigenvalue weighted by Gasteiger charge is -2.19. The van der Waals surface area contributed by atoms with Crippen molar-refractivity contribution in [3.63, 3.8) is 0 Å². The van der Waals surface area contributed by atoms with Crippen molar-refractivity contribution in [3.05, 3.63) is 51.4 Å². The van der Waals surface area contributed by atoms with Gasteiger partial charge in [0, 0.05) is 41.8 Å². The lowest BCUT2D eigenvalue weighted by atomic mass is 10.1. The molecule has 0 saturated heterocycles. The molecule has 4 heterocycles. The van der Waals surface area contributed by atoms with E-state index >= 15 is 0 Å². The van der Waals surface area contributed by atoms with Crippen molar-refractivity contribution in [1.29, 1.82) is 0 Å². The number of pyridine rings is 1. The minimum absolute atomic E-state index is 0.0194. The van der Waals surface area contributed by atoms with Crippen molar-refractivity contribution in [2.75, 3.05) is 17.7 Å². The van der Waals surface area contributed by atoms with Gasteiger partial charge in [0.25, 0.3) is 5.91 Å². The number of anilines is 2. The molecule has 1 amide bonds.